The number of aromatic nitrogens is 3. The lowest BCUT2D eigenvalue weighted by Gasteiger charge is -2.09. The van der Waals surface area contributed by atoms with E-state index in [2.05, 4.69) is 14.9 Å². The molecule has 3 aromatic heterocycles. The van der Waals surface area contributed by atoms with E-state index < -0.39 is 6.09 Å². The molecule has 3 aromatic rings. The van der Waals surface area contributed by atoms with E-state index in [4.69, 9.17) is 14.8 Å². The van der Waals surface area contributed by atoms with Gasteiger partial charge >= 0.3 is 6.09 Å². The first-order valence-corrected chi connectivity index (χ1v) is 8.75. The SMILES string of the molecule is COCCc1nc2cnc3ccsc3c2n1CCCCNC(=O)O. The average Bonchev–Trinajstić information content (AvgIpc) is 3.16. The van der Waals surface area contributed by atoms with Gasteiger partial charge < -0.3 is 19.7 Å². The second-order valence-corrected chi connectivity index (χ2v) is 6.40. The molecule has 0 aliphatic carbocycles. The quantitative estimate of drug-likeness (QED) is 0.611. The van der Waals surface area contributed by atoms with Crippen LogP contribution in [0, 0.1) is 0 Å². The molecule has 0 radical (unpaired) electrons. The Labute approximate surface area is 143 Å². The fraction of sp³-hybridized carbons (Fsp3) is 0.438. The number of aryl methyl sites for hydroxylation is 1. The van der Waals surface area contributed by atoms with Crippen LogP contribution in [0.2, 0.25) is 0 Å². The zero-order valence-corrected chi connectivity index (χ0v) is 14.3. The number of methoxy groups -OCH3 is 1. The Kier molecular flexibility index (Phi) is 5.27. The van der Waals surface area contributed by atoms with E-state index in [1.807, 2.05) is 17.6 Å². The number of carboxylic acid groups (broad SMARTS) is 1. The number of amides is 1. The van der Waals surface area contributed by atoms with Crippen LogP contribution in [-0.2, 0) is 17.7 Å². The van der Waals surface area contributed by atoms with Gasteiger partial charge in [-0.25, -0.2) is 9.78 Å². The number of imidazole rings is 1. The first-order valence-electron chi connectivity index (χ1n) is 7.87. The van der Waals surface area contributed by atoms with E-state index in [-0.39, 0.29) is 0 Å². The van der Waals surface area contributed by atoms with Crippen LogP contribution < -0.4 is 5.32 Å². The fourth-order valence-electron chi connectivity index (χ4n) is 2.78. The molecule has 24 heavy (non-hydrogen) atoms. The highest BCUT2D eigenvalue weighted by Crippen LogP contribution is 2.29. The summed E-state index contributed by atoms with van der Waals surface area (Å²) in [5.74, 6) is 0.987. The minimum absolute atomic E-state index is 0.464. The van der Waals surface area contributed by atoms with Crippen molar-refractivity contribution in [1.29, 1.82) is 0 Å². The van der Waals surface area contributed by atoms with Crippen LogP contribution in [0.5, 0.6) is 0 Å². The lowest BCUT2D eigenvalue weighted by atomic mass is 10.3. The van der Waals surface area contributed by atoms with Gasteiger partial charge in [-0.05, 0) is 24.3 Å². The molecule has 2 N–H and O–H groups in total. The van der Waals surface area contributed by atoms with Crippen molar-refractivity contribution in [2.75, 3.05) is 20.3 Å². The zero-order valence-electron chi connectivity index (χ0n) is 13.5. The van der Waals surface area contributed by atoms with Gasteiger partial charge in [0.15, 0.2) is 0 Å². The van der Waals surface area contributed by atoms with Gasteiger partial charge in [0.2, 0.25) is 0 Å². The van der Waals surface area contributed by atoms with Crippen LogP contribution in [0.4, 0.5) is 4.79 Å². The number of hydrogen-bond acceptors (Lipinski definition) is 5. The molecular formula is C16H20N4O3S. The normalized spacial score (nSPS) is 11.4. The number of nitrogens with one attached hydrogen (secondary N) is 1. The highest BCUT2D eigenvalue weighted by atomic mass is 32.1. The molecule has 8 heteroatoms. The Hall–Kier alpha value is -2.19. The summed E-state index contributed by atoms with van der Waals surface area (Å²) in [5, 5.41) is 13.1. The second kappa shape index (κ2) is 7.59. The maximum Gasteiger partial charge on any atom is 0.404 e. The van der Waals surface area contributed by atoms with Gasteiger partial charge in [-0.1, -0.05) is 0 Å². The Morgan fingerprint density at radius 3 is 3.08 bits per heavy atom. The molecule has 0 aliphatic rings. The Morgan fingerprint density at radius 1 is 1.42 bits per heavy atom. The number of unbranched alkanes of at least 4 members (excludes halogenated alkanes) is 1. The van der Waals surface area contributed by atoms with Crippen molar-refractivity contribution in [3.05, 3.63) is 23.5 Å². The Balaban J connectivity index is 1.86. The van der Waals surface area contributed by atoms with Crippen molar-refractivity contribution in [2.45, 2.75) is 25.8 Å². The Bertz CT molecular complexity index is 842. The second-order valence-electron chi connectivity index (χ2n) is 5.49. The number of carbonyl (C=O) groups is 1. The smallest absolute Gasteiger partial charge is 0.404 e. The van der Waals surface area contributed by atoms with E-state index >= 15 is 0 Å². The van der Waals surface area contributed by atoms with Crippen LogP contribution in [0.25, 0.3) is 21.3 Å². The maximum atomic E-state index is 10.5. The highest BCUT2D eigenvalue weighted by Gasteiger charge is 2.14. The van der Waals surface area contributed by atoms with Crippen LogP contribution in [-0.4, -0.2) is 46.0 Å². The molecule has 3 heterocycles. The third kappa shape index (κ3) is 3.49. The van der Waals surface area contributed by atoms with Crippen LogP contribution in [0.15, 0.2) is 17.6 Å². The summed E-state index contributed by atoms with van der Waals surface area (Å²) in [5.41, 5.74) is 3.01. The van der Waals surface area contributed by atoms with E-state index in [1.54, 1.807) is 18.4 Å². The Morgan fingerprint density at radius 2 is 2.29 bits per heavy atom. The monoisotopic (exact) mass is 348 g/mol. The predicted molar refractivity (Wildman–Crippen MR) is 93.8 cm³/mol. The van der Waals surface area contributed by atoms with Gasteiger partial charge in [0.1, 0.15) is 11.3 Å². The van der Waals surface area contributed by atoms with Gasteiger partial charge in [-0.2, -0.15) is 0 Å². The van der Waals surface area contributed by atoms with Crippen molar-refractivity contribution >= 4 is 38.7 Å². The topological polar surface area (TPSA) is 89.3 Å². The summed E-state index contributed by atoms with van der Waals surface area (Å²) in [4.78, 5) is 19.7. The molecular weight excluding hydrogens is 328 g/mol. The van der Waals surface area contributed by atoms with E-state index in [9.17, 15) is 4.79 Å². The summed E-state index contributed by atoms with van der Waals surface area (Å²) in [6, 6.07) is 2.02. The molecule has 128 valence electrons. The summed E-state index contributed by atoms with van der Waals surface area (Å²) < 4.78 is 8.57. The van der Waals surface area contributed by atoms with Crippen molar-refractivity contribution in [2.24, 2.45) is 0 Å². The van der Waals surface area contributed by atoms with Gasteiger partial charge in [0.05, 0.1) is 28.5 Å². The van der Waals surface area contributed by atoms with Crippen LogP contribution >= 0.6 is 11.3 Å². The summed E-state index contributed by atoms with van der Waals surface area (Å²) >= 11 is 1.67. The molecule has 0 unspecified atom stereocenters. The number of thiophene rings is 1. The molecule has 0 spiro atoms. The van der Waals surface area contributed by atoms with Crippen molar-refractivity contribution in [1.82, 2.24) is 19.9 Å². The molecule has 0 saturated heterocycles. The third-order valence-electron chi connectivity index (χ3n) is 3.87. The standard InChI is InChI=1S/C16H20N4O3S/c1-23-8-4-13-19-12-10-18-11-5-9-24-15(11)14(12)20(13)7-3-2-6-17-16(21)22/h5,9-10,17H,2-4,6-8H2,1H3,(H,21,22). The van der Waals surface area contributed by atoms with Crippen molar-refractivity contribution < 1.29 is 14.6 Å². The molecule has 0 fully saturated rings. The lowest BCUT2D eigenvalue weighted by Crippen LogP contribution is -2.22. The van der Waals surface area contributed by atoms with Gasteiger partial charge in [-0.15, -0.1) is 11.3 Å². The fourth-order valence-corrected chi connectivity index (χ4v) is 3.68. The van der Waals surface area contributed by atoms with E-state index in [0.717, 1.165) is 52.9 Å². The largest absolute Gasteiger partial charge is 0.465 e. The lowest BCUT2D eigenvalue weighted by molar-refractivity contribution is 0.194. The van der Waals surface area contributed by atoms with Gasteiger partial charge in [0, 0.05) is 26.6 Å². The van der Waals surface area contributed by atoms with Crippen LogP contribution in [0.3, 0.4) is 0 Å². The first kappa shape index (κ1) is 16.7. The minimum Gasteiger partial charge on any atom is -0.465 e. The summed E-state index contributed by atoms with van der Waals surface area (Å²) in [7, 11) is 1.68. The number of hydrogen-bond donors (Lipinski definition) is 2. The number of pyridine rings is 1. The molecule has 0 aromatic carbocycles. The number of nitrogens with zero attached hydrogens (tertiary/aromatic N) is 3. The number of ether oxygens (including phenoxy) is 1. The molecule has 0 bridgehead atoms. The molecule has 0 atom stereocenters. The number of fused-ring (bicyclic) bond motifs is 3. The van der Waals surface area contributed by atoms with E-state index in [1.165, 1.54) is 0 Å². The molecule has 7 nitrogen and oxygen atoms in total. The minimum atomic E-state index is -0.977. The zero-order chi connectivity index (χ0) is 16.9. The molecule has 0 aliphatic heterocycles. The van der Waals surface area contributed by atoms with Gasteiger partial charge in [-0.3, -0.25) is 4.98 Å². The van der Waals surface area contributed by atoms with Gasteiger partial charge in [0.25, 0.3) is 0 Å². The summed E-state index contributed by atoms with van der Waals surface area (Å²) in [6.45, 7) is 1.88. The third-order valence-corrected chi connectivity index (χ3v) is 4.78. The molecule has 0 saturated carbocycles. The maximum absolute atomic E-state index is 10.5. The van der Waals surface area contributed by atoms with Crippen molar-refractivity contribution in [3.63, 3.8) is 0 Å². The van der Waals surface area contributed by atoms with Crippen molar-refractivity contribution in [3.8, 4) is 0 Å². The molecule has 1 amide bonds. The number of rotatable bonds is 8. The summed E-state index contributed by atoms with van der Waals surface area (Å²) in [6.07, 6.45) is 3.25. The average molecular weight is 348 g/mol. The van der Waals surface area contributed by atoms with Crippen LogP contribution in [0.1, 0.15) is 18.7 Å². The van der Waals surface area contributed by atoms with E-state index in [0.29, 0.717) is 13.2 Å². The highest BCUT2D eigenvalue weighted by molar-refractivity contribution is 7.18. The predicted octanol–water partition coefficient (Wildman–Crippen LogP) is 2.88. The first-order chi connectivity index (χ1) is 11.7. The molecule has 3 rings (SSSR count).